The van der Waals surface area contributed by atoms with Crippen molar-refractivity contribution in [3.63, 3.8) is 0 Å². The van der Waals surface area contributed by atoms with Crippen LogP contribution in [0.15, 0.2) is 0 Å². The van der Waals surface area contributed by atoms with Crippen molar-refractivity contribution in [2.45, 2.75) is 91.1 Å². The lowest BCUT2D eigenvalue weighted by Gasteiger charge is -2.40. The lowest BCUT2D eigenvalue weighted by Crippen LogP contribution is -2.50. The highest BCUT2D eigenvalue weighted by molar-refractivity contribution is 6.70. The first-order chi connectivity index (χ1) is 8.93. The molecule has 0 aliphatic carbocycles. The summed E-state index contributed by atoms with van der Waals surface area (Å²) in [5.74, 6) is 0. The van der Waals surface area contributed by atoms with Gasteiger partial charge in [0.05, 0.1) is 0 Å². The van der Waals surface area contributed by atoms with Crippen molar-refractivity contribution in [1.29, 1.82) is 0 Å². The molecule has 0 amide bonds. The van der Waals surface area contributed by atoms with Gasteiger partial charge in [-0.25, -0.2) is 0 Å². The van der Waals surface area contributed by atoms with Gasteiger partial charge < -0.3 is 8.85 Å². The Morgan fingerprint density at radius 1 is 0.737 bits per heavy atom. The molecule has 0 atom stereocenters. The van der Waals surface area contributed by atoms with E-state index in [0.29, 0.717) is 0 Å². The van der Waals surface area contributed by atoms with Crippen molar-refractivity contribution in [3.8, 4) is 0 Å². The van der Waals surface area contributed by atoms with Gasteiger partial charge in [-0.3, -0.25) is 0 Å². The molecule has 0 spiro atoms. The highest BCUT2D eigenvalue weighted by atomic mass is 28.4. The molecule has 0 fully saturated rings. The van der Waals surface area contributed by atoms with Crippen LogP contribution in [0.5, 0.6) is 0 Å². The van der Waals surface area contributed by atoms with Crippen LogP contribution in [0.4, 0.5) is 0 Å². The summed E-state index contributed by atoms with van der Waals surface area (Å²) in [6.07, 6.45) is 8.01. The van der Waals surface area contributed by atoms with Crippen LogP contribution < -0.4 is 0 Å². The third-order valence-corrected chi connectivity index (χ3v) is 8.56. The van der Waals surface area contributed by atoms with Crippen LogP contribution >= 0.6 is 0 Å². The molecule has 0 radical (unpaired) electrons. The molecule has 2 nitrogen and oxygen atoms in total. The summed E-state index contributed by atoms with van der Waals surface area (Å²) in [5.41, 5.74) is 0. The summed E-state index contributed by atoms with van der Waals surface area (Å²) in [6.45, 7) is 14.8. The van der Waals surface area contributed by atoms with Crippen molar-refractivity contribution in [2.75, 3.05) is 13.2 Å². The first kappa shape index (κ1) is 19.1. The van der Waals surface area contributed by atoms with Crippen LogP contribution in [0.25, 0.3) is 0 Å². The minimum atomic E-state index is -2.07. The van der Waals surface area contributed by atoms with Gasteiger partial charge in [0.1, 0.15) is 0 Å². The summed E-state index contributed by atoms with van der Waals surface area (Å²) in [7, 11) is -2.07. The molecule has 3 heteroatoms. The maximum Gasteiger partial charge on any atom is 0.343 e. The molecule has 0 saturated carbocycles. The summed E-state index contributed by atoms with van der Waals surface area (Å²) >= 11 is 0. The molecule has 0 rings (SSSR count). The van der Waals surface area contributed by atoms with Gasteiger partial charge in [0.15, 0.2) is 0 Å². The van der Waals surface area contributed by atoms with E-state index in [2.05, 4.69) is 41.5 Å². The molecule has 0 saturated heterocycles. The van der Waals surface area contributed by atoms with E-state index in [4.69, 9.17) is 8.85 Å². The maximum absolute atomic E-state index is 6.18. The standard InChI is InChI=1S/C16H36O2Si/c1-7-10-11-12-13-14-15-19(17-8-2,18-9-3)16(4,5)6/h7-15H2,1-6H3. The quantitative estimate of drug-likeness (QED) is 0.360. The third-order valence-electron chi connectivity index (χ3n) is 3.76. The summed E-state index contributed by atoms with van der Waals surface area (Å²) in [4.78, 5) is 0. The highest BCUT2D eigenvalue weighted by Crippen LogP contribution is 2.41. The molecule has 0 aliphatic rings. The largest absolute Gasteiger partial charge is 0.394 e. The fraction of sp³-hybridized carbons (Fsp3) is 1.00. The second-order valence-electron chi connectivity index (χ2n) is 6.39. The minimum Gasteiger partial charge on any atom is -0.394 e. The fourth-order valence-corrected chi connectivity index (χ4v) is 6.23. The van der Waals surface area contributed by atoms with Crippen molar-refractivity contribution in [1.82, 2.24) is 0 Å². The Hall–Kier alpha value is 0.137. The van der Waals surface area contributed by atoms with E-state index in [1.165, 1.54) is 38.5 Å². The highest BCUT2D eigenvalue weighted by Gasteiger charge is 2.48. The van der Waals surface area contributed by atoms with E-state index >= 15 is 0 Å². The molecule has 116 valence electrons. The van der Waals surface area contributed by atoms with Gasteiger partial charge in [-0.2, -0.15) is 0 Å². The fourth-order valence-electron chi connectivity index (χ4n) is 2.60. The molecule has 19 heavy (non-hydrogen) atoms. The topological polar surface area (TPSA) is 18.5 Å². The van der Waals surface area contributed by atoms with E-state index in [1.807, 2.05) is 0 Å². The average Bonchev–Trinajstić information content (AvgIpc) is 2.32. The van der Waals surface area contributed by atoms with Gasteiger partial charge in [0.2, 0.25) is 0 Å². The molecule has 0 heterocycles. The molecule has 0 aromatic heterocycles. The zero-order chi connectivity index (χ0) is 14.8. The average molecular weight is 289 g/mol. The molecule has 0 aromatic rings. The van der Waals surface area contributed by atoms with Crippen molar-refractivity contribution >= 4 is 8.56 Å². The lowest BCUT2D eigenvalue weighted by molar-refractivity contribution is 0.159. The summed E-state index contributed by atoms with van der Waals surface area (Å²) < 4.78 is 12.4. The predicted molar refractivity (Wildman–Crippen MR) is 86.9 cm³/mol. The van der Waals surface area contributed by atoms with E-state index < -0.39 is 8.56 Å². The Balaban J connectivity index is 4.33. The SMILES string of the molecule is CCCCCCCC[Si](OCC)(OCC)C(C)(C)C. The predicted octanol–water partition coefficient (Wildman–Crippen LogP) is 5.66. The Morgan fingerprint density at radius 3 is 1.63 bits per heavy atom. The molecule has 0 bridgehead atoms. The van der Waals surface area contributed by atoms with Crippen LogP contribution in [0, 0.1) is 0 Å². The molecular formula is C16H36O2Si. The van der Waals surface area contributed by atoms with Crippen LogP contribution in [0.3, 0.4) is 0 Å². The van der Waals surface area contributed by atoms with Gasteiger partial charge in [0, 0.05) is 18.3 Å². The first-order valence-corrected chi connectivity index (χ1v) is 10.2. The summed E-state index contributed by atoms with van der Waals surface area (Å²) in [5, 5.41) is 0.155. The van der Waals surface area contributed by atoms with Gasteiger partial charge in [-0.15, -0.1) is 0 Å². The van der Waals surface area contributed by atoms with Crippen LogP contribution in [0.1, 0.15) is 80.1 Å². The Bertz CT molecular complexity index is 205. The number of unbranched alkanes of at least 4 members (excludes halogenated alkanes) is 5. The smallest absolute Gasteiger partial charge is 0.343 e. The minimum absolute atomic E-state index is 0.155. The monoisotopic (exact) mass is 288 g/mol. The molecule has 0 aliphatic heterocycles. The van der Waals surface area contributed by atoms with Crippen LogP contribution in [0.2, 0.25) is 11.1 Å². The molecular weight excluding hydrogens is 252 g/mol. The molecule has 0 aromatic carbocycles. The second kappa shape index (κ2) is 9.95. The zero-order valence-corrected chi connectivity index (χ0v) is 15.2. The normalized spacial score (nSPS) is 12.9. The van der Waals surface area contributed by atoms with E-state index in [0.717, 1.165) is 19.3 Å². The van der Waals surface area contributed by atoms with E-state index in [9.17, 15) is 0 Å². The second-order valence-corrected chi connectivity index (χ2v) is 10.5. The number of hydrogen-bond acceptors (Lipinski definition) is 2. The maximum atomic E-state index is 6.18. The third kappa shape index (κ3) is 6.91. The van der Waals surface area contributed by atoms with E-state index in [1.54, 1.807) is 0 Å². The van der Waals surface area contributed by atoms with Gasteiger partial charge in [-0.05, 0) is 19.9 Å². The first-order valence-electron chi connectivity index (χ1n) is 8.21. The van der Waals surface area contributed by atoms with Crippen LogP contribution in [-0.4, -0.2) is 21.8 Å². The summed E-state index contributed by atoms with van der Waals surface area (Å²) in [6, 6.07) is 1.14. The number of hydrogen-bond donors (Lipinski definition) is 0. The Kier molecular flexibility index (Phi) is 10.0. The van der Waals surface area contributed by atoms with Gasteiger partial charge >= 0.3 is 8.56 Å². The van der Waals surface area contributed by atoms with Crippen molar-refractivity contribution < 1.29 is 8.85 Å². The molecule has 0 unspecified atom stereocenters. The van der Waals surface area contributed by atoms with Crippen molar-refractivity contribution in [2.24, 2.45) is 0 Å². The lowest BCUT2D eigenvalue weighted by atomic mass is 10.1. The molecule has 0 N–H and O–H groups in total. The van der Waals surface area contributed by atoms with Gasteiger partial charge in [0.25, 0.3) is 0 Å². The van der Waals surface area contributed by atoms with Gasteiger partial charge in [-0.1, -0.05) is 66.2 Å². The zero-order valence-electron chi connectivity index (χ0n) is 14.2. The van der Waals surface area contributed by atoms with Crippen LogP contribution in [-0.2, 0) is 8.85 Å². The van der Waals surface area contributed by atoms with Crippen molar-refractivity contribution in [3.05, 3.63) is 0 Å². The Labute approximate surface area is 122 Å². The number of rotatable bonds is 11. The van der Waals surface area contributed by atoms with E-state index in [-0.39, 0.29) is 5.04 Å². The Morgan fingerprint density at radius 2 is 1.21 bits per heavy atom.